The first-order valence-electron chi connectivity index (χ1n) is 5.74. The van der Waals surface area contributed by atoms with Crippen molar-refractivity contribution in [2.24, 2.45) is 12.9 Å². The molecule has 2 aromatic rings. The van der Waals surface area contributed by atoms with Gasteiger partial charge in [0.15, 0.2) is 5.82 Å². The third kappa shape index (κ3) is 4.27. The average molecular weight is 282 g/mol. The first-order valence-corrected chi connectivity index (χ1v) is 6.73. The quantitative estimate of drug-likeness (QED) is 0.456. The van der Waals surface area contributed by atoms with Crippen LogP contribution in [0.15, 0.2) is 29.2 Å². The summed E-state index contributed by atoms with van der Waals surface area (Å²) < 4.78 is 12.8. The summed E-state index contributed by atoms with van der Waals surface area (Å²) in [6, 6.07) is 6.40. The molecule has 0 amide bonds. The molecule has 0 saturated heterocycles. The van der Waals surface area contributed by atoms with Gasteiger partial charge in [-0.15, -0.1) is 22.0 Å². The number of aryl methyl sites for hydroxylation is 1. The van der Waals surface area contributed by atoms with Crippen LogP contribution in [0.1, 0.15) is 5.82 Å². The number of aromatic nitrogens is 4. The van der Waals surface area contributed by atoms with Crippen LogP contribution in [0.3, 0.4) is 0 Å². The van der Waals surface area contributed by atoms with Crippen molar-refractivity contribution in [1.29, 1.82) is 0 Å². The van der Waals surface area contributed by atoms with Gasteiger partial charge in [-0.05, 0) is 29.5 Å². The molecule has 0 radical (unpaired) electrons. The maximum Gasteiger partial charge on any atom is 0.176 e. The van der Waals surface area contributed by atoms with Crippen molar-refractivity contribution < 1.29 is 4.39 Å². The fourth-order valence-corrected chi connectivity index (χ4v) is 2.46. The lowest BCUT2D eigenvalue weighted by molar-refractivity contribution is 0.558. The van der Waals surface area contributed by atoms with Gasteiger partial charge in [0.25, 0.3) is 0 Å². The zero-order valence-corrected chi connectivity index (χ0v) is 11.3. The highest BCUT2D eigenvalue weighted by atomic mass is 32.2. The Hall–Kier alpha value is -1.51. The average Bonchev–Trinajstić information content (AvgIpc) is 2.82. The fourth-order valence-electron chi connectivity index (χ4n) is 1.52. The first-order chi connectivity index (χ1) is 9.17. The van der Waals surface area contributed by atoms with Crippen molar-refractivity contribution >= 4 is 11.8 Å². The van der Waals surface area contributed by atoms with E-state index in [0.29, 0.717) is 12.2 Å². The lowest BCUT2D eigenvalue weighted by atomic mass is 10.2. The summed E-state index contributed by atoms with van der Waals surface area (Å²) in [6.07, 6.45) is 0.596. The molecule has 1 atom stereocenters. The van der Waals surface area contributed by atoms with Gasteiger partial charge in [-0.2, -0.15) is 4.80 Å². The first kappa shape index (κ1) is 13.9. The predicted octanol–water partition coefficient (Wildman–Crippen LogP) is 0.516. The minimum Gasteiger partial charge on any atom is -0.271 e. The van der Waals surface area contributed by atoms with E-state index in [4.69, 9.17) is 5.84 Å². The van der Waals surface area contributed by atoms with Crippen LogP contribution in [0.4, 0.5) is 4.39 Å². The van der Waals surface area contributed by atoms with Gasteiger partial charge in [-0.1, -0.05) is 0 Å². The van der Waals surface area contributed by atoms with Crippen LogP contribution in [0.25, 0.3) is 0 Å². The van der Waals surface area contributed by atoms with E-state index in [-0.39, 0.29) is 11.9 Å². The molecule has 2 rings (SSSR count). The molecular formula is C11H15FN6S. The SMILES string of the molecule is Cn1nnc(CC(CSc2ccc(F)cc2)NN)n1. The van der Waals surface area contributed by atoms with Crippen LogP contribution in [-0.2, 0) is 13.5 Å². The summed E-state index contributed by atoms with van der Waals surface area (Å²) in [5.74, 6) is 6.66. The zero-order valence-electron chi connectivity index (χ0n) is 10.5. The number of halogens is 1. The molecule has 0 aliphatic rings. The Labute approximate surface area is 114 Å². The van der Waals surface area contributed by atoms with E-state index in [0.717, 1.165) is 10.6 Å². The molecule has 8 heteroatoms. The van der Waals surface area contributed by atoms with Gasteiger partial charge < -0.3 is 0 Å². The van der Waals surface area contributed by atoms with Gasteiger partial charge in [0.1, 0.15) is 5.82 Å². The molecule has 0 aliphatic carbocycles. The third-order valence-electron chi connectivity index (χ3n) is 2.48. The second kappa shape index (κ2) is 6.60. The molecule has 1 heterocycles. The van der Waals surface area contributed by atoms with E-state index in [9.17, 15) is 4.39 Å². The summed E-state index contributed by atoms with van der Waals surface area (Å²) in [5, 5.41) is 11.8. The highest BCUT2D eigenvalue weighted by Gasteiger charge is 2.12. The number of benzene rings is 1. The maximum absolute atomic E-state index is 12.8. The van der Waals surface area contributed by atoms with Crippen molar-refractivity contribution in [2.45, 2.75) is 17.4 Å². The highest BCUT2D eigenvalue weighted by Crippen LogP contribution is 2.19. The molecule has 1 unspecified atom stereocenters. The summed E-state index contributed by atoms with van der Waals surface area (Å²) in [7, 11) is 1.72. The number of rotatable bonds is 6. The van der Waals surface area contributed by atoms with Gasteiger partial charge >= 0.3 is 0 Å². The van der Waals surface area contributed by atoms with Crippen LogP contribution in [0.2, 0.25) is 0 Å². The molecular weight excluding hydrogens is 267 g/mol. The molecule has 1 aromatic heterocycles. The van der Waals surface area contributed by atoms with E-state index in [1.165, 1.54) is 16.9 Å². The lowest BCUT2D eigenvalue weighted by Crippen LogP contribution is -2.39. The number of nitrogens with two attached hydrogens (primary N) is 1. The largest absolute Gasteiger partial charge is 0.271 e. The Bertz CT molecular complexity index is 514. The van der Waals surface area contributed by atoms with Gasteiger partial charge in [-0.25, -0.2) is 4.39 Å². The van der Waals surface area contributed by atoms with Crippen molar-refractivity contribution in [3.63, 3.8) is 0 Å². The number of hydrazine groups is 1. The Kier molecular flexibility index (Phi) is 4.83. The molecule has 0 bridgehead atoms. The summed E-state index contributed by atoms with van der Waals surface area (Å²) in [5.41, 5.74) is 2.73. The summed E-state index contributed by atoms with van der Waals surface area (Å²) >= 11 is 1.60. The predicted molar refractivity (Wildman–Crippen MR) is 70.7 cm³/mol. The number of tetrazole rings is 1. The Morgan fingerprint density at radius 3 is 2.74 bits per heavy atom. The number of hydrogen-bond acceptors (Lipinski definition) is 6. The normalized spacial score (nSPS) is 12.6. The van der Waals surface area contributed by atoms with Gasteiger partial charge in [-0.3, -0.25) is 11.3 Å². The van der Waals surface area contributed by atoms with Gasteiger partial charge in [0.2, 0.25) is 0 Å². The maximum atomic E-state index is 12.8. The minimum atomic E-state index is -0.235. The summed E-state index contributed by atoms with van der Waals surface area (Å²) in [6.45, 7) is 0. The van der Waals surface area contributed by atoms with Crippen LogP contribution >= 0.6 is 11.8 Å². The second-order valence-corrected chi connectivity index (χ2v) is 5.12. The van der Waals surface area contributed by atoms with Crippen molar-refractivity contribution in [2.75, 3.05) is 5.75 Å². The van der Waals surface area contributed by atoms with Crippen LogP contribution in [0.5, 0.6) is 0 Å². The minimum absolute atomic E-state index is 0.0271. The molecule has 1 aromatic carbocycles. The Morgan fingerprint density at radius 1 is 1.42 bits per heavy atom. The molecule has 0 aliphatic heterocycles. The number of hydrogen-bond donors (Lipinski definition) is 2. The van der Waals surface area contributed by atoms with Gasteiger partial charge in [0.05, 0.1) is 7.05 Å². The molecule has 3 N–H and O–H groups in total. The monoisotopic (exact) mass is 282 g/mol. The zero-order chi connectivity index (χ0) is 13.7. The lowest BCUT2D eigenvalue weighted by Gasteiger charge is -2.13. The highest BCUT2D eigenvalue weighted by molar-refractivity contribution is 7.99. The molecule has 0 spiro atoms. The van der Waals surface area contributed by atoms with E-state index in [1.54, 1.807) is 30.9 Å². The number of nitrogens with one attached hydrogen (secondary N) is 1. The van der Waals surface area contributed by atoms with Crippen molar-refractivity contribution in [1.82, 2.24) is 25.6 Å². The van der Waals surface area contributed by atoms with E-state index in [1.807, 2.05) is 0 Å². The van der Waals surface area contributed by atoms with Crippen LogP contribution in [0, 0.1) is 5.82 Å². The standard InChI is InChI=1S/C11H15FN6S/c1-18-16-11(15-17-18)6-9(14-13)7-19-10-4-2-8(12)3-5-10/h2-5,9,14H,6-7,13H2,1H3. The van der Waals surface area contributed by atoms with E-state index in [2.05, 4.69) is 20.8 Å². The van der Waals surface area contributed by atoms with E-state index < -0.39 is 0 Å². The molecule has 6 nitrogen and oxygen atoms in total. The molecule has 19 heavy (non-hydrogen) atoms. The van der Waals surface area contributed by atoms with Crippen LogP contribution in [-0.4, -0.2) is 32.0 Å². The third-order valence-corrected chi connectivity index (χ3v) is 3.65. The Balaban J connectivity index is 1.87. The van der Waals surface area contributed by atoms with E-state index >= 15 is 0 Å². The van der Waals surface area contributed by atoms with Crippen LogP contribution < -0.4 is 11.3 Å². The molecule has 0 saturated carbocycles. The molecule has 102 valence electrons. The summed E-state index contributed by atoms with van der Waals surface area (Å²) in [4.78, 5) is 2.41. The van der Waals surface area contributed by atoms with Gasteiger partial charge in [0, 0.05) is 23.1 Å². The number of nitrogens with zero attached hydrogens (tertiary/aromatic N) is 4. The fraction of sp³-hybridized carbons (Fsp3) is 0.364. The Morgan fingerprint density at radius 2 is 2.16 bits per heavy atom. The number of thioether (sulfide) groups is 1. The van der Waals surface area contributed by atoms with Crippen molar-refractivity contribution in [3.05, 3.63) is 35.9 Å². The van der Waals surface area contributed by atoms with Crippen molar-refractivity contribution in [3.8, 4) is 0 Å². The second-order valence-electron chi connectivity index (χ2n) is 4.03. The molecule has 0 fully saturated rings. The smallest absolute Gasteiger partial charge is 0.176 e. The topological polar surface area (TPSA) is 81.7 Å².